The van der Waals surface area contributed by atoms with Gasteiger partial charge in [0.2, 0.25) is 0 Å². The Kier molecular flexibility index (Phi) is 4.52. The van der Waals surface area contributed by atoms with Crippen LogP contribution in [0.4, 0.5) is 15.8 Å². The van der Waals surface area contributed by atoms with Crippen molar-refractivity contribution in [2.75, 3.05) is 43.4 Å². The number of benzene rings is 1. The van der Waals surface area contributed by atoms with Crippen molar-refractivity contribution in [1.82, 2.24) is 9.88 Å². The van der Waals surface area contributed by atoms with Gasteiger partial charge in [-0.1, -0.05) is 0 Å². The maximum atomic E-state index is 12.9. The van der Waals surface area contributed by atoms with Crippen LogP contribution in [-0.4, -0.2) is 49.0 Å². The van der Waals surface area contributed by atoms with E-state index in [0.717, 1.165) is 31.9 Å². The van der Waals surface area contributed by atoms with Crippen LogP contribution in [0.25, 0.3) is 0 Å². The number of piperazine rings is 1. The van der Waals surface area contributed by atoms with Crippen LogP contribution in [0.2, 0.25) is 0 Å². The average Bonchev–Trinajstić information content (AvgIpc) is 2.58. The van der Waals surface area contributed by atoms with Crippen molar-refractivity contribution in [3.63, 3.8) is 0 Å². The first-order chi connectivity index (χ1) is 11.1. The third-order valence-electron chi connectivity index (χ3n) is 3.96. The van der Waals surface area contributed by atoms with Crippen LogP contribution in [0.15, 0.2) is 42.7 Å². The van der Waals surface area contributed by atoms with Crippen LogP contribution in [0, 0.1) is 5.82 Å². The topological polar surface area (TPSA) is 48.5 Å². The number of carbonyl (C=O) groups excluding carboxylic acids is 1. The second-order valence-corrected chi connectivity index (χ2v) is 5.68. The molecule has 0 aliphatic carbocycles. The maximum Gasteiger partial charge on any atom is 0.257 e. The van der Waals surface area contributed by atoms with Gasteiger partial charge in [-0.25, -0.2) is 4.39 Å². The SMILES string of the molecule is CN1CCN(c2cncc(C(=O)Nc3ccc(F)cc3)c2)CC1. The van der Waals surface area contributed by atoms with Crippen LogP contribution in [0.1, 0.15) is 10.4 Å². The maximum absolute atomic E-state index is 12.9. The lowest BCUT2D eigenvalue weighted by Gasteiger charge is -2.33. The monoisotopic (exact) mass is 314 g/mol. The molecule has 1 aliphatic rings. The van der Waals surface area contributed by atoms with Gasteiger partial charge in [-0.3, -0.25) is 9.78 Å². The Labute approximate surface area is 134 Å². The number of pyridine rings is 1. The van der Waals surface area contributed by atoms with Gasteiger partial charge in [0.1, 0.15) is 5.82 Å². The number of halogens is 1. The van der Waals surface area contributed by atoms with E-state index in [1.54, 1.807) is 12.4 Å². The molecule has 1 aromatic carbocycles. The molecule has 6 heteroatoms. The van der Waals surface area contributed by atoms with Crippen molar-refractivity contribution in [2.45, 2.75) is 0 Å². The molecule has 1 aliphatic heterocycles. The van der Waals surface area contributed by atoms with Gasteiger partial charge in [-0.15, -0.1) is 0 Å². The molecule has 0 bridgehead atoms. The Bertz CT molecular complexity index is 681. The van der Waals surface area contributed by atoms with Gasteiger partial charge < -0.3 is 15.1 Å². The first-order valence-electron chi connectivity index (χ1n) is 7.57. The fourth-order valence-corrected chi connectivity index (χ4v) is 2.53. The zero-order chi connectivity index (χ0) is 16.2. The zero-order valence-corrected chi connectivity index (χ0v) is 13.0. The van der Waals surface area contributed by atoms with Crippen LogP contribution >= 0.6 is 0 Å². The van der Waals surface area contributed by atoms with Gasteiger partial charge in [-0.2, -0.15) is 0 Å². The molecular weight excluding hydrogens is 295 g/mol. The number of hydrogen-bond acceptors (Lipinski definition) is 4. The third kappa shape index (κ3) is 3.84. The number of amides is 1. The van der Waals surface area contributed by atoms with Crippen LogP contribution in [0.5, 0.6) is 0 Å². The lowest BCUT2D eigenvalue weighted by molar-refractivity contribution is 0.102. The smallest absolute Gasteiger partial charge is 0.257 e. The summed E-state index contributed by atoms with van der Waals surface area (Å²) in [5.74, 6) is -0.582. The first-order valence-corrected chi connectivity index (χ1v) is 7.57. The largest absolute Gasteiger partial charge is 0.368 e. The molecule has 1 amide bonds. The van der Waals surface area contributed by atoms with Crippen molar-refractivity contribution in [3.05, 3.63) is 54.1 Å². The number of carbonyl (C=O) groups is 1. The molecule has 0 radical (unpaired) electrons. The summed E-state index contributed by atoms with van der Waals surface area (Å²) in [5.41, 5.74) is 2.00. The van der Waals surface area contributed by atoms with Crippen molar-refractivity contribution < 1.29 is 9.18 Å². The Morgan fingerprint density at radius 2 is 1.83 bits per heavy atom. The van der Waals surface area contributed by atoms with E-state index in [2.05, 4.69) is 27.1 Å². The quantitative estimate of drug-likeness (QED) is 0.944. The third-order valence-corrected chi connectivity index (χ3v) is 3.96. The highest BCUT2D eigenvalue weighted by Gasteiger charge is 2.16. The van der Waals surface area contributed by atoms with E-state index in [9.17, 15) is 9.18 Å². The summed E-state index contributed by atoms with van der Waals surface area (Å²) in [6.45, 7) is 3.82. The number of hydrogen-bond donors (Lipinski definition) is 1. The zero-order valence-electron chi connectivity index (χ0n) is 13.0. The first kappa shape index (κ1) is 15.4. The van der Waals surface area contributed by atoms with Gasteiger partial charge in [-0.05, 0) is 37.4 Å². The fourth-order valence-electron chi connectivity index (χ4n) is 2.53. The standard InChI is InChI=1S/C17H19FN4O/c1-21-6-8-22(9-7-21)16-10-13(11-19-12-16)17(23)20-15-4-2-14(18)3-5-15/h2-5,10-12H,6-9H2,1H3,(H,20,23). The average molecular weight is 314 g/mol. The fraction of sp³-hybridized carbons (Fsp3) is 0.294. The van der Waals surface area contributed by atoms with Crippen molar-refractivity contribution in [3.8, 4) is 0 Å². The predicted octanol–water partition coefficient (Wildman–Crippen LogP) is 2.22. The molecule has 1 saturated heterocycles. The van der Waals surface area contributed by atoms with E-state index in [1.807, 2.05) is 6.07 Å². The molecule has 120 valence electrons. The molecule has 1 aromatic heterocycles. The van der Waals surface area contributed by atoms with Gasteiger partial charge in [0, 0.05) is 38.1 Å². The van der Waals surface area contributed by atoms with Crippen LogP contribution < -0.4 is 10.2 Å². The molecule has 2 heterocycles. The molecule has 1 N–H and O–H groups in total. The minimum Gasteiger partial charge on any atom is -0.368 e. The Hall–Kier alpha value is -2.47. The van der Waals surface area contributed by atoms with Crippen molar-refractivity contribution in [2.24, 2.45) is 0 Å². The molecule has 23 heavy (non-hydrogen) atoms. The van der Waals surface area contributed by atoms with E-state index in [-0.39, 0.29) is 11.7 Å². The van der Waals surface area contributed by atoms with Crippen molar-refractivity contribution in [1.29, 1.82) is 0 Å². The number of anilines is 2. The van der Waals surface area contributed by atoms with E-state index in [1.165, 1.54) is 24.3 Å². The number of nitrogens with zero attached hydrogens (tertiary/aromatic N) is 3. The van der Waals surface area contributed by atoms with Gasteiger partial charge in [0.15, 0.2) is 0 Å². The van der Waals surface area contributed by atoms with Gasteiger partial charge >= 0.3 is 0 Å². The molecule has 0 spiro atoms. The highest BCUT2D eigenvalue weighted by atomic mass is 19.1. The Morgan fingerprint density at radius 1 is 1.13 bits per heavy atom. The minimum absolute atomic E-state index is 0.250. The van der Waals surface area contributed by atoms with E-state index < -0.39 is 0 Å². The molecule has 3 rings (SSSR count). The molecular formula is C17H19FN4O. The summed E-state index contributed by atoms with van der Waals surface area (Å²) >= 11 is 0. The van der Waals surface area contributed by atoms with E-state index in [4.69, 9.17) is 0 Å². The van der Waals surface area contributed by atoms with Gasteiger partial charge in [0.25, 0.3) is 5.91 Å². The number of rotatable bonds is 3. The summed E-state index contributed by atoms with van der Waals surface area (Å²) < 4.78 is 12.9. The molecule has 1 fully saturated rings. The number of aromatic nitrogens is 1. The second-order valence-electron chi connectivity index (χ2n) is 5.68. The summed E-state index contributed by atoms with van der Waals surface area (Å²) in [6.07, 6.45) is 3.32. The number of likely N-dealkylation sites (N-methyl/N-ethyl adjacent to an activating group) is 1. The van der Waals surface area contributed by atoms with E-state index in [0.29, 0.717) is 11.3 Å². The summed E-state index contributed by atoms with van der Waals surface area (Å²) in [4.78, 5) is 21.0. The molecule has 5 nitrogen and oxygen atoms in total. The minimum atomic E-state index is -0.332. The second kappa shape index (κ2) is 6.75. The lowest BCUT2D eigenvalue weighted by Crippen LogP contribution is -2.44. The Balaban J connectivity index is 1.71. The Morgan fingerprint density at radius 3 is 2.52 bits per heavy atom. The summed E-state index contributed by atoms with van der Waals surface area (Å²) in [5, 5.41) is 2.75. The van der Waals surface area contributed by atoms with Crippen molar-refractivity contribution >= 4 is 17.3 Å². The molecule has 0 unspecified atom stereocenters. The number of nitrogens with one attached hydrogen (secondary N) is 1. The molecule has 0 atom stereocenters. The summed E-state index contributed by atoms with van der Waals surface area (Å²) in [6, 6.07) is 7.54. The molecule has 2 aromatic rings. The van der Waals surface area contributed by atoms with Crippen LogP contribution in [-0.2, 0) is 0 Å². The highest BCUT2D eigenvalue weighted by Crippen LogP contribution is 2.17. The molecule has 0 saturated carbocycles. The van der Waals surface area contributed by atoms with Crippen LogP contribution in [0.3, 0.4) is 0 Å². The van der Waals surface area contributed by atoms with Gasteiger partial charge in [0.05, 0.1) is 17.4 Å². The summed E-state index contributed by atoms with van der Waals surface area (Å²) in [7, 11) is 2.10. The predicted molar refractivity (Wildman–Crippen MR) is 88.3 cm³/mol. The van der Waals surface area contributed by atoms with E-state index >= 15 is 0 Å². The normalized spacial score (nSPS) is 15.5. The lowest BCUT2D eigenvalue weighted by atomic mass is 10.2. The highest BCUT2D eigenvalue weighted by molar-refractivity contribution is 6.04.